The summed E-state index contributed by atoms with van der Waals surface area (Å²) in [6, 6.07) is 14.2. The molecule has 2 aromatic rings. The minimum atomic E-state index is -0.416. The molecule has 0 amide bonds. The molecule has 2 N–H and O–H groups in total. The Morgan fingerprint density at radius 2 is 1.89 bits per heavy atom. The first kappa shape index (κ1) is 12.5. The van der Waals surface area contributed by atoms with Gasteiger partial charge >= 0.3 is 5.97 Å². The predicted octanol–water partition coefficient (Wildman–Crippen LogP) is 3.28. The van der Waals surface area contributed by atoms with Gasteiger partial charge in [-0.25, -0.2) is 4.79 Å². The van der Waals surface area contributed by atoms with Crippen molar-refractivity contribution >= 4 is 23.3 Å². The monoisotopic (exact) mass is 261 g/mol. The van der Waals surface area contributed by atoms with Crippen LogP contribution in [0.2, 0.25) is 5.02 Å². The molecule has 4 heteroatoms. The smallest absolute Gasteiger partial charge is 0.338 e. The molecule has 0 unspecified atom stereocenters. The van der Waals surface area contributed by atoms with Crippen molar-refractivity contribution in [2.75, 3.05) is 5.73 Å². The Morgan fingerprint density at radius 1 is 1.17 bits per heavy atom. The highest BCUT2D eigenvalue weighted by Crippen LogP contribution is 2.20. The summed E-state index contributed by atoms with van der Waals surface area (Å²) in [7, 11) is 0. The normalized spacial score (nSPS) is 10.1. The number of nitrogens with two attached hydrogens (primary N) is 1. The van der Waals surface area contributed by atoms with Crippen molar-refractivity contribution in [2.45, 2.75) is 6.61 Å². The van der Waals surface area contributed by atoms with E-state index >= 15 is 0 Å². The molecule has 0 aliphatic heterocycles. The Hall–Kier alpha value is -2.00. The lowest BCUT2D eigenvalue weighted by atomic mass is 10.2. The maximum absolute atomic E-state index is 11.8. The third-order valence-electron chi connectivity index (χ3n) is 2.45. The van der Waals surface area contributed by atoms with Crippen LogP contribution >= 0.6 is 11.6 Å². The van der Waals surface area contributed by atoms with Crippen LogP contribution in [-0.4, -0.2) is 5.97 Å². The maximum atomic E-state index is 11.8. The second-order valence-electron chi connectivity index (χ2n) is 3.80. The van der Waals surface area contributed by atoms with Crippen molar-refractivity contribution in [1.29, 1.82) is 0 Å². The second kappa shape index (κ2) is 5.56. The fraction of sp³-hybridized carbons (Fsp3) is 0.0714. The summed E-state index contributed by atoms with van der Waals surface area (Å²) in [6.45, 7) is 0.238. The number of esters is 1. The molecule has 3 nitrogen and oxygen atoms in total. The highest BCUT2D eigenvalue weighted by atomic mass is 35.5. The molecule has 0 aliphatic carbocycles. The summed E-state index contributed by atoms with van der Waals surface area (Å²) in [5, 5.41) is 0.351. The fourth-order valence-electron chi connectivity index (χ4n) is 1.46. The SMILES string of the molecule is Nc1ccc(C(=O)OCc2ccccc2)cc1Cl. The number of hydrogen-bond donors (Lipinski definition) is 1. The summed E-state index contributed by atoms with van der Waals surface area (Å²) in [4.78, 5) is 11.8. The van der Waals surface area contributed by atoms with Crippen molar-refractivity contribution in [2.24, 2.45) is 0 Å². The average Bonchev–Trinajstić information content (AvgIpc) is 2.40. The standard InChI is InChI=1S/C14H12ClNO2/c15-12-8-11(6-7-13(12)16)14(17)18-9-10-4-2-1-3-5-10/h1-8H,9,16H2. The van der Waals surface area contributed by atoms with E-state index in [0.29, 0.717) is 16.3 Å². The van der Waals surface area contributed by atoms with Crippen molar-refractivity contribution in [1.82, 2.24) is 0 Å². The van der Waals surface area contributed by atoms with Crippen LogP contribution in [-0.2, 0) is 11.3 Å². The number of halogens is 1. The van der Waals surface area contributed by atoms with Gasteiger partial charge in [0.2, 0.25) is 0 Å². The third kappa shape index (κ3) is 3.02. The van der Waals surface area contributed by atoms with Gasteiger partial charge in [-0.2, -0.15) is 0 Å². The van der Waals surface area contributed by atoms with Gasteiger partial charge in [0.05, 0.1) is 16.3 Å². The van der Waals surface area contributed by atoms with Crippen LogP contribution in [0.3, 0.4) is 0 Å². The topological polar surface area (TPSA) is 52.3 Å². The molecule has 0 saturated carbocycles. The van der Waals surface area contributed by atoms with E-state index < -0.39 is 5.97 Å². The van der Waals surface area contributed by atoms with Crippen molar-refractivity contribution in [3.63, 3.8) is 0 Å². The van der Waals surface area contributed by atoms with Gasteiger partial charge < -0.3 is 10.5 Å². The summed E-state index contributed by atoms with van der Waals surface area (Å²) >= 11 is 5.84. The van der Waals surface area contributed by atoms with Crippen molar-refractivity contribution < 1.29 is 9.53 Å². The first-order valence-electron chi connectivity index (χ1n) is 5.43. The number of anilines is 1. The van der Waals surface area contributed by atoms with Gasteiger partial charge in [0.15, 0.2) is 0 Å². The van der Waals surface area contributed by atoms with Crippen LogP contribution in [0.15, 0.2) is 48.5 Å². The number of ether oxygens (including phenoxy) is 1. The second-order valence-corrected chi connectivity index (χ2v) is 4.21. The van der Waals surface area contributed by atoms with Gasteiger partial charge in [0.1, 0.15) is 6.61 Å². The Balaban J connectivity index is 2.02. The van der Waals surface area contributed by atoms with E-state index in [4.69, 9.17) is 22.1 Å². The number of nitrogen functional groups attached to an aromatic ring is 1. The fourth-order valence-corrected chi connectivity index (χ4v) is 1.64. The van der Waals surface area contributed by atoms with E-state index in [-0.39, 0.29) is 6.61 Å². The Morgan fingerprint density at radius 3 is 2.56 bits per heavy atom. The lowest BCUT2D eigenvalue weighted by Crippen LogP contribution is -2.05. The summed E-state index contributed by atoms with van der Waals surface area (Å²) in [5.74, 6) is -0.416. The highest BCUT2D eigenvalue weighted by Gasteiger charge is 2.09. The van der Waals surface area contributed by atoms with E-state index in [0.717, 1.165) is 5.56 Å². The quantitative estimate of drug-likeness (QED) is 0.681. The molecule has 0 atom stereocenters. The highest BCUT2D eigenvalue weighted by molar-refractivity contribution is 6.33. The van der Waals surface area contributed by atoms with Crippen LogP contribution in [0.1, 0.15) is 15.9 Å². The van der Waals surface area contributed by atoms with Crippen LogP contribution in [0.4, 0.5) is 5.69 Å². The third-order valence-corrected chi connectivity index (χ3v) is 2.78. The van der Waals surface area contributed by atoms with Gasteiger partial charge in [0.25, 0.3) is 0 Å². The molecule has 0 aromatic heterocycles. The molecule has 0 spiro atoms. The minimum absolute atomic E-state index is 0.238. The van der Waals surface area contributed by atoms with Crippen molar-refractivity contribution in [3.05, 3.63) is 64.7 Å². The number of hydrogen-bond acceptors (Lipinski definition) is 3. The molecule has 18 heavy (non-hydrogen) atoms. The van der Waals surface area contributed by atoms with Gasteiger partial charge in [-0.3, -0.25) is 0 Å². The van der Waals surface area contributed by atoms with Crippen LogP contribution in [0.5, 0.6) is 0 Å². The Kier molecular flexibility index (Phi) is 3.85. The van der Waals surface area contributed by atoms with Gasteiger partial charge in [-0.1, -0.05) is 41.9 Å². The van der Waals surface area contributed by atoms with Gasteiger partial charge in [-0.05, 0) is 23.8 Å². The lowest BCUT2D eigenvalue weighted by Gasteiger charge is -2.06. The zero-order valence-electron chi connectivity index (χ0n) is 9.60. The van der Waals surface area contributed by atoms with Gasteiger partial charge in [0, 0.05) is 0 Å². The largest absolute Gasteiger partial charge is 0.457 e. The molecular weight excluding hydrogens is 250 g/mol. The van der Waals surface area contributed by atoms with E-state index in [1.54, 1.807) is 12.1 Å². The summed E-state index contributed by atoms with van der Waals surface area (Å²) in [5.41, 5.74) is 7.34. The van der Waals surface area contributed by atoms with E-state index in [1.807, 2.05) is 30.3 Å². The predicted molar refractivity (Wildman–Crippen MR) is 71.4 cm³/mol. The first-order valence-corrected chi connectivity index (χ1v) is 5.80. The maximum Gasteiger partial charge on any atom is 0.338 e. The summed E-state index contributed by atoms with van der Waals surface area (Å²) in [6.07, 6.45) is 0. The van der Waals surface area contributed by atoms with Crippen LogP contribution in [0.25, 0.3) is 0 Å². The Bertz CT molecular complexity index is 555. The minimum Gasteiger partial charge on any atom is -0.457 e. The molecule has 2 rings (SSSR count). The number of benzene rings is 2. The lowest BCUT2D eigenvalue weighted by molar-refractivity contribution is 0.0473. The zero-order valence-corrected chi connectivity index (χ0v) is 10.4. The van der Waals surface area contributed by atoms with E-state index in [9.17, 15) is 4.79 Å². The van der Waals surface area contributed by atoms with Crippen molar-refractivity contribution in [3.8, 4) is 0 Å². The number of carbonyl (C=O) groups excluding carboxylic acids is 1. The molecule has 0 bridgehead atoms. The molecule has 0 aliphatic rings. The number of carbonyl (C=O) groups is 1. The molecular formula is C14H12ClNO2. The molecule has 92 valence electrons. The van der Waals surface area contributed by atoms with Crippen LogP contribution < -0.4 is 5.73 Å². The molecule has 0 fully saturated rings. The van der Waals surface area contributed by atoms with E-state index in [1.165, 1.54) is 6.07 Å². The summed E-state index contributed by atoms with van der Waals surface area (Å²) < 4.78 is 5.17. The molecule has 0 radical (unpaired) electrons. The zero-order chi connectivity index (χ0) is 13.0. The average molecular weight is 262 g/mol. The number of rotatable bonds is 3. The van der Waals surface area contributed by atoms with E-state index in [2.05, 4.69) is 0 Å². The van der Waals surface area contributed by atoms with Gasteiger partial charge in [-0.15, -0.1) is 0 Å². The molecule has 0 saturated heterocycles. The Labute approximate surface area is 110 Å². The molecule has 2 aromatic carbocycles. The first-order chi connectivity index (χ1) is 8.66. The molecule has 0 heterocycles. The van der Waals surface area contributed by atoms with Crippen LogP contribution in [0, 0.1) is 0 Å².